The van der Waals surface area contributed by atoms with Crippen LogP contribution in [0.15, 0.2) is 18.2 Å². The van der Waals surface area contributed by atoms with E-state index in [4.69, 9.17) is 9.47 Å². The van der Waals surface area contributed by atoms with Gasteiger partial charge in [0.25, 0.3) is 5.91 Å². The molecule has 0 saturated heterocycles. The molecule has 0 radical (unpaired) electrons. The smallest absolute Gasteiger partial charge is 0.253 e. The molecule has 0 atom stereocenters. The minimum absolute atomic E-state index is 0.0675. The number of carbonyl (C=O) groups excluding carboxylic acids is 1. The summed E-state index contributed by atoms with van der Waals surface area (Å²) in [6.07, 6.45) is 1.82. The average Bonchev–Trinajstić information content (AvgIpc) is 2.97. The van der Waals surface area contributed by atoms with E-state index in [0.717, 1.165) is 30.6 Å². The summed E-state index contributed by atoms with van der Waals surface area (Å²) >= 11 is 0. The Labute approximate surface area is 126 Å². The molecule has 0 unspecified atom stereocenters. The standard InChI is InChI=1S/C16H24N2O3/c1-20-10-3-8-18(9-11-21-2)16(19)14-4-5-15-13(12-14)6-7-17-15/h4-5,12,17H,3,6-11H2,1-2H3. The van der Waals surface area contributed by atoms with Gasteiger partial charge in [-0.3, -0.25) is 4.79 Å². The number of hydrogen-bond acceptors (Lipinski definition) is 4. The number of carbonyl (C=O) groups is 1. The SMILES string of the molecule is COCCCN(CCOC)C(=O)c1ccc2c(c1)CCN2. The molecule has 0 fully saturated rings. The first kappa shape index (κ1) is 15.8. The molecule has 1 N–H and O–H groups in total. The molecular weight excluding hydrogens is 268 g/mol. The first-order valence-corrected chi connectivity index (χ1v) is 7.40. The lowest BCUT2D eigenvalue weighted by Crippen LogP contribution is -2.35. The Balaban J connectivity index is 2.05. The number of nitrogens with zero attached hydrogens (tertiary/aromatic N) is 1. The molecule has 0 aliphatic carbocycles. The Bertz CT molecular complexity index is 477. The molecular formula is C16H24N2O3. The Hall–Kier alpha value is -1.59. The molecule has 1 aliphatic heterocycles. The third-order valence-corrected chi connectivity index (χ3v) is 3.69. The van der Waals surface area contributed by atoms with Crippen molar-refractivity contribution in [2.75, 3.05) is 52.4 Å². The summed E-state index contributed by atoms with van der Waals surface area (Å²) in [5.41, 5.74) is 3.13. The average molecular weight is 292 g/mol. The van der Waals surface area contributed by atoms with Crippen molar-refractivity contribution in [3.05, 3.63) is 29.3 Å². The zero-order valence-corrected chi connectivity index (χ0v) is 12.9. The van der Waals surface area contributed by atoms with Gasteiger partial charge in [-0.05, 0) is 36.6 Å². The fourth-order valence-corrected chi connectivity index (χ4v) is 2.54. The van der Waals surface area contributed by atoms with Gasteiger partial charge in [0, 0.05) is 51.7 Å². The van der Waals surface area contributed by atoms with E-state index >= 15 is 0 Å². The van der Waals surface area contributed by atoms with E-state index in [2.05, 4.69) is 5.32 Å². The number of rotatable bonds is 8. The maximum absolute atomic E-state index is 12.7. The number of nitrogens with one attached hydrogen (secondary N) is 1. The van der Waals surface area contributed by atoms with Gasteiger partial charge < -0.3 is 19.7 Å². The van der Waals surface area contributed by atoms with Crippen LogP contribution < -0.4 is 5.32 Å². The summed E-state index contributed by atoms with van der Waals surface area (Å²) in [5, 5.41) is 3.31. The van der Waals surface area contributed by atoms with E-state index in [0.29, 0.717) is 26.3 Å². The third kappa shape index (κ3) is 4.19. The summed E-state index contributed by atoms with van der Waals surface area (Å²) in [5.74, 6) is 0.0675. The van der Waals surface area contributed by atoms with E-state index < -0.39 is 0 Å². The number of benzene rings is 1. The molecule has 0 aromatic heterocycles. The lowest BCUT2D eigenvalue weighted by atomic mass is 10.1. The minimum Gasteiger partial charge on any atom is -0.385 e. The maximum Gasteiger partial charge on any atom is 0.253 e. The van der Waals surface area contributed by atoms with Gasteiger partial charge >= 0.3 is 0 Å². The molecule has 0 spiro atoms. The van der Waals surface area contributed by atoms with Crippen molar-refractivity contribution in [3.8, 4) is 0 Å². The fraction of sp³-hybridized carbons (Fsp3) is 0.562. The van der Waals surface area contributed by atoms with E-state index in [1.54, 1.807) is 14.2 Å². The third-order valence-electron chi connectivity index (χ3n) is 3.69. The van der Waals surface area contributed by atoms with Crippen molar-refractivity contribution in [1.82, 2.24) is 4.90 Å². The summed E-state index contributed by atoms with van der Waals surface area (Å²) in [4.78, 5) is 14.5. The van der Waals surface area contributed by atoms with Gasteiger partial charge in [0.05, 0.1) is 6.61 Å². The maximum atomic E-state index is 12.7. The monoisotopic (exact) mass is 292 g/mol. The van der Waals surface area contributed by atoms with Crippen LogP contribution in [0.2, 0.25) is 0 Å². The molecule has 21 heavy (non-hydrogen) atoms. The molecule has 1 aromatic rings. The fourth-order valence-electron chi connectivity index (χ4n) is 2.54. The highest BCUT2D eigenvalue weighted by Crippen LogP contribution is 2.23. The highest BCUT2D eigenvalue weighted by Gasteiger charge is 2.18. The van der Waals surface area contributed by atoms with Crippen LogP contribution in [-0.2, 0) is 15.9 Å². The van der Waals surface area contributed by atoms with Crippen molar-refractivity contribution in [2.45, 2.75) is 12.8 Å². The van der Waals surface area contributed by atoms with E-state index in [1.165, 1.54) is 5.56 Å². The van der Waals surface area contributed by atoms with Crippen molar-refractivity contribution in [3.63, 3.8) is 0 Å². The quantitative estimate of drug-likeness (QED) is 0.742. The molecule has 1 aliphatic rings. The van der Waals surface area contributed by atoms with Gasteiger partial charge in [-0.2, -0.15) is 0 Å². The lowest BCUT2D eigenvalue weighted by molar-refractivity contribution is 0.0674. The van der Waals surface area contributed by atoms with Crippen LogP contribution in [-0.4, -0.2) is 57.9 Å². The van der Waals surface area contributed by atoms with E-state index in [-0.39, 0.29) is 5.91 Å². The summed E-state index contributed by atoms with van der Waals surface area (Å²) in [6.45, 7) is 3.45. The van der Waals surface area contributed by atoms with Crippen LogP contribution in [0.1, 0.15) is 22.3 Å². The highest BCUT2D eigenvalue weighted by molar-refractivity contribution is 5.95. The molecule has 5 heteroatoms. The zero-order valence-electron chi connectivity index (χ0n) is 12.9. The van der Waals surface area contributed by atoms with E-state index in [9.17, 15) is 4.79 Å². The Morgan fingerprint density at radius 3 is 2.81 bits per heavy atom. The predicted molar refractivity (Wildman–Crippen MR) is 82.9 cm³/mol. The van der Waals surface area contributed by atoms with Gasteiger partial charge in [0.2, 0.25) is 0 Å². The zero-order chi connectivity index (χ0) is 15.1. The van der Waals surface area contributed by atoms with Crippen LogP contribution in [0.4, 0.5) is 5.69 Å². The molecule has 116 valence electrons. The van der Waals surface area contributed by atoms with Gasteiger partial charge in [0.1, 0.15) is 0 Å². The largest absolute Gasteiger partial charge is 0.385 e. The highest BCUT2D eigenvalue weighted by atomic mass is 16.5. The number of anilines is 1. The van der Waals surface area contributed by atoms with Crippen LogP contribution in [0.25, 0.3) is 0 Å². The van der Waals surface area contributed by atoms with Crippen molar-refractivity contribution in [2.24, 2.45) is 0 Å². The second-order valence-corrected chi connectivity index (χ2v) is 5.18. The number of amides is 1. The normalized spacial score (nSPS) is 12.9. The molecule has 1 aromatic carbocycles. The first-order chi connectivity index (χ1) is 10.3. The van der Waals surface area contributed by atoms with Crippen molar-refractivity contribution >= 4 is 11.6 Å². The lowest BCUT2D eigenvalue weighted by Gasteiger charge is -2.22. The second-order valence-electron chi connectivity index (χ2n) is 5.18. The number of ether oxygens (including phenoxy) is 2. The van der Waals surface area contributed by atoms with Gasteiger partial charge in [-0.1, -0.05) is 0 Å². The van der Waals surface area contributed by atoms with Crippen LogP contribution in [0.5, 0.6) is 0 Å². The van der Waals surface area contributed by atoms with Crippen LogP contribution in [0.3, 0.4) is 0 Å². The van der Waals surface area contributed by atoms with Crippen molar-refractivity contribution in [1.29, 1.82) is 0 Å². The van der Waals surface area contributed by atoms with Gasteiger partial charge in [-0.25, -0.2) is 0 Å². The molecule has 0 saturated carbocycles. The molecule has 0 bridgehead atoms. The van der Waals surface area contributed by atoms with Gasteiger partial charge in [-0.15, -0.1) is 0 Å². The predicted octanol–water partition coefficient (Wildman–Crippen LogP) is 1.78. The molecule has 1 heterocycles. The summed E-state index contributed by atoms with van der Waals surface area (Å²) in [6, 6.07) is 5.91. The summed E-state index contributed by atoms with van der Waals surface area (Å²) < 4.78 is 10.2. The van der Waals surface area contributed by atoms with Crippen LogP contribution in [0, 0.1) is 0 Å². The van der Waals surface area contributed by atoms with E-state index in [1.807, 2.05) is 23.1 Å². The number of fused-ring (bicyclic) bond motifs is 1. The Morgan fingerprint density at radius 2 is 2.05 bits per heavy atom. The summed E-state index contributed by atoms with van der Waals surface area (Å²) in [7, 11) is 3.33. The molecule has 1 amide bonds. The Morgan fingerprint density at radius 1 is 1.24 bits per heavy atom. The minimum atomic E-state index is 0.0675. The first-order valence-electron chi connectivity index (χ1n) is 7.40. The number of hydrogen-bond donors (Lipinski definition) is 1. The van der Waals surface area contributed by atoms with Crippen molar-refractivity contribution < 1.29 is 14.3 Å². The van der Waals surface area contributed by atoms with Gasteiger partial charge in [0.15, 0.2) is 0 Å². The molecule has 5 nitrogen and oxygen atoms in total. The van der Waals surface area contributed by atoms with Crippen LogP contribution >= 0.6 is 0 Å². The molecule has 2 rings (SSSR count). The number of methoxy groups -OCH3 is 2. The topological polar surface area (TPSA) is 50.8 Å². The second kappa shape index (κ2) is 8.00. The Kier molecular flexibility index (Phi) is 6.02.